The average Bonchev–Trinajstić information content (AvgIpc) is 3.27. The molecule has 9 nitrogen and oxygen atoms in total. The van der Waals surface area contributed by atoms with Crippen LogP contribution in [0.3, 0.4) is 0 Å². The molecular formula is C25H19ClF2N6O3. The number of likely N-dealkylation sites (N-methyl/N-ethyl adjacent to an activating group) is 1. The zero-order valence-corrected chi connectivity index (χ0v) is 20.3. The Labute approximate surface area is 214 Å². The molecule has 3 heterocycles. The maximum absolute atomic E-state index is 14.3. The zero-order valence-electron chi connectivity index (χ0n) is 19.6. The lowest BCUT2D eigenvalue weighted by molar-refractivity contribution is -0.120. The van der Waals surface area contributed by atoms with E-state index < -0.39 is 29.5 Å². The highest BCUT2D eigenvalue weighted by Crippen LogP contribution is 2.35. The van der Waals surface area contributed by atoms with E-state index >= 15 is 0 Å². The van der Waals surface area contributed by atoms with Gasteiger partial charge in [-0.2, -0.15) is 5.10 Å². The van der Waals surface area contributed by atoms with Crippen LogP contribution in [0.4, 0.5) is 14.5 Å². The molecule has 0 radical (unpaired) electrons. The Bertz CT molecular complexity index is 1540. The third-order valence-corrected chi connectivity index (χ3v) is 6.19. The number of nitrogens with zero attached hydrogens (tertiary/aromatic N) is 5. The summed E-state index contributed by atoms with van der Waals surface area (Å²) in [6.07, 6.45) is 2.81. The number of carbonyl (C=O) groups excluding carboxylic acids is 2. The van der Waals surface area contributed by atoms with Gasteiger partial charge < -0.3 is 15.0 Å². The summed E-state index contributed by atoms with van der Waals surface area (Å²) in [7, 11) is 3.39. The van der Waals surface area contributed by atoms with Crippen molar-refractivity contribution in [3.63, 3.8) is 0 Å². The van der Waals surface area contributed by atoms with E-state index in [0.717, 1.165) is 29.6 Å². The van der Waals surface area contributed by atoms with Crippen molar-refractivity contribution in [2.75, 3.05) is 18.6 Å². The Hall–Kier alpha value is -4.38. The first-order valence-corrected chi connectivity index (χ1v) is 11.4. The van der Waals surface area contributed by atoms with Gasteiger partial charge in [-0.25, -0.2) is 18.7 Å². The molecule has 0 fully saturated rings. The van der Waals surface area contributed by atoms with Gasteiger partial charge in [0.05, 0.1) is 28.3 Å². The normalized spacial score (nSPS) is 15.1. The molecule has 0 saturated carbocycles. The molecule has 5 rings (SSSR count). The lowest BCUT2D eigenvalue weighted by Crippen LogP contribution is -2.49. The van der Waals surface area contributed by atoms with E-state index in [0.29, 0.717) is 17.5 Å². The molecule has 1 N–H and O–H groups in total. The maximum atomic E-state index is 14.3. The summed E-state index contributed by atoms with van der Waals surface area (Å²) in [6, 6.07) is 9.09. The van der Waals surface area contributed by atoms with Gasteiger partial charge in [0.2, 0.25) is 5.82 Å². The molecule has 0 aliphatic carbocycles. The van der Waals surface area contributed by atoms with Crippen molar-refractivity contribution < 1.29 is 23.1 Å². The number of halogens is 3. The summed E-state index contributed by atoms with van der Waals surface area (Å²) >= 11 is 6.11. The minimum Gasteiger partial charge on any atom is -0.489 e. The summed E-state index contributed by atoms with van der Waals surface area (Å²) in [5, 5.41) is 6.71. The first kappa shape index (κ1) is 24.3. The van der Waals surface area contributed by atoms with Crippen LogP contribution in [0.25, 0.3) is 22.5 Å². The van der Waals surface area contributed by atoms with E-state index in [1.165, 1.54) is 4.90 Å². The molecule has 2 aromatic heterocycles. The number of amides is 2. The Kier molecular flexibility index (Phi) is 6.30. The number of benzene rings is 2. The molecule has 0 unspecified atom stereocenters. The van der Waals surface area contributed by atoms with Crippen LogP contribution < -0.4 is 15.0 Å². The second kappa shape index (κ2) is 9.58. The lowest BCUT2D eigenvalue weighted by atomic mass is 10.1. The summed E-state index contributed by atoms with van der Waals surface area (Å²) in [6.45, 7) is -0.139. The highest BCUT2D eigenvalue weighted by atomic mass is 35.5. The van der Waals surface area contributed by atoms with Gasteiger partial charge in [-0.3, -0.25) is 14.3 Å². The Morgan fingerprint density at radius 1 is 1.16 bits per heavy atom. The van der Waals surface area contributed by atoms with Gasteiger partial charge in [0, 0.05) is 37.5 Å². The van der Waals surface area contributed by atoms with Crippen LogP contribution in [0, 0.1) is 11.6 Å². The van der Waals surface area contributed by atoms with Crippen molar-refractivity contribution in [1.29, 1.82) is 0 Å². The second-order valence-electron chi connectivity index (χ2n) is 8.27. The fourth-order valence-corrected chi connectivity index (χ4v) is 4.18. The van der Waals surface area contributed by atoms with Crippen molar-refractivity contribution in [3.05, 3.63) is 77.3 Å². The van der Waals surface area contributed by atoms with Gasteiger partial charge in [0.25, 0.3) is 11.8 Å². The molecule has 1 aliphatic heterocycles. The monoisotopic (exact) mass is 524 g/mol. The van der Waals surface area contributed by atoms with E-state index in [1.807, 2.05) is 19.2 Å². The number of ether oxygens (including phenoxy) is 1. The molecule has 1 atom stereocenters. The Morgan fingerprint density at radius 2 is 1.97 bits per heavy atom. The number of nitrogens with one attached hydrogen (secondary N) is 1. The predicted octanol–water partition coefficient (Wildman–Crippen LogP) is 3.63. The number of hydrogen-bond acceptors (Lipinski definition) is 6. The highest BCUT2D eigenvalue weighted by Gasteiger charge is 2.32. The number of hydrogen-bond donors (Lipinski definition) is 1. The van der Waals surface area contributed by atoms with Gasteiger partial charge in [0.15, 0.2) is 0 Å². The zero-order chi connectivity index (χ0) is 26.3. The number of fused-ring (bicyclic) bond motifs is 1. The average molecular weight is 525 g/mol. The van der Waals surface area contributed by atoms with Crippen LogP contribution in [0.2, 0.25) is 5.02 Å². The highest BCUT2D eigenvalue weighted by molar-refractivity contribution is 6.33. The molecular weight excluding hydrogens is 506 g/mol. The molecule has 4 aromatic rings. The Balaban J connectivity index is 1.38. The third-order valence-electron chi connectivity index (χ3n) is 5.91. The van der Waals surface area contributed by atoms with Crippen LogP contribution >= 0.6 is 11.6 Å². The van der Waals surface area contributed by atoms with Crippen LogP contribution in [0.15, 0.2) is 54.9 Å². The van der Waals surface area contributed by atoms with E-state index in [1.54, 1.807) is 30.1 Å². The van der Waals surface area contributed by atoms with E-state index in [2.05, 4.69) is 20.4 Å². The molecule has 0 bridgehead atoms. The number of aryl methyl sites for hydroxylation is 1. The predicted molar refractivity (Wildman–Crippen MR) is 131 cm³/mol. The topological polar surface area (TPSA) is 102 Å². The van der Waals surface area contributed by atoms with Crippen molar-refractivity contribution in [1.82, 2.24) is 25.1 Å². The number of rotatable bonds is 4. The smallest absolute Gasteiger partial charge is 0.289 e. The van der Waals surface area contributed by atoms with E-state index in [-0.39, 0.29) is 28.7 Å². The van der Waals surface area contributed by atoms with Crippen molar-refractivity contribution >= 4 is 29.1 Å². The summed E-state index contributed by atoms with van der Waals surface area (Å²) in [5.41, 5.74) is 2.02. The van der Waals surface area contributed by atoms with Crippen LogP contribution in [0.5, 0.6) is 5.75 Å². The van der Waals surface area contributed by atoms with E-state index in [4.69, 9.17) is 16.3 Å². The van der Waals surface area contributed by atoms with Gasteiger partial charge in [-0.05, 0) is 36.4 Å². The fourth-order valence-electron chi connectivity index (χ4n) is 3.99. The van der Waals surface area contributed by atoms with Crippen molar-refractivity contribution in [2.45, 2.75) is 6.04 Å². The molecule has 1 aliphatic rings. The number of anilines is 1. The molecule has 37 heavy (non-hydrogen) atoms. The minimum atomic E-state index is -1.06. The molecule has 2 aromatic carbocycles. The van der Waals surface area contributed by atoms with Crippen LogP contribution in [0.1, 0.15) is 10.6 Å². The van der Waals surface area contributed by atoms with E-state index in [9.17, 15) is 18.4 Å². The molecule has 2 amide bonds. The van der Waals surface area contributed by atoms with Crippen molar-refractivity contribution in [3.8, 4) is 28.3 Å². The fraction of sp³-hybridized carbons (Fsp3) is 0.160. The SMILES string of the molecule is CN1C(=O)[C@@H](NC(=O)c2ncc(Cl)c(-c3ccc(F)cc3F)n2)COc2ccc(-c3ccnn3C)cc21. The quantitative estimate of drug-likeness (QED) is 0.437. The van der Waals surface area contributed by atoms with Gasteiger partial charge in [0.1, 0.15) is 30.0 Å². The Morgan fingerprint density at radius 3 is 2.70 bits per heavy atom. The minimum absolute atomic E-state index is 0.0321. The summed E-state index contributed by atoms with van der Waals surface area (Å²) < 4.78 is 35.2. The molecule has 12 heteroatoms. The number of carbonyl (C=O) groups is 2. The van der Waals surface area contributed by atoms with Gasteiger partial charge in [-0.15, -0.1) is 0 Å². The van der Waals surface area contributed by atoms with Crippen LogP contribution in [-0.2, 0) is 11.8 Å². The van der Waals surface area contributed by atoms with Crippen molar-refractivity contribution in [2.24, 2.45) is 7.05 Å². The first-order valence-electron chi connectivity index (χ1n) is 11.0. The summed E-state index contributed by atoms with van der Waals surface area (Å²) in [4.78, 5) is 35.6. The van der Waals surface area contributed by atoms with Gasteiger partial charge in [-0.1, -0.05) is 11.6 Å². The standard InChI is InChI=1S/C25H19ClF2N6O3/c1-33-20-9-13(19-7-8-30-34(19)2)3-6-21(20)37-12-18(25(33)36)31-24(35)23-29-11-16(26)22(32-23)15-5-4-14(27)10-17(15)28/h3-11,18H,12H2,1-2H3,(H,31,35)/t18-/m0/s1. The maximum Gasteiger partial charge on any atom is 0.289 e. The molecule has 0 saturated heterocycles. The lowest BCUT2D eigenvalue weighted by Gasteiger charge is -2.20. The largest absolute Gasteiger partial charge is 0.489 e. The first-order chi connectivity index (χ1) is 17.7. The summed E-state index contributed by atoms with van der Waals surface area (Å²) in [5.74, 6) is -2.77. The van der Waals surface area contributed by atoms with Gasteiger partial charge >= 0.3 is 0 Å². The van der Waals surface area contributed by atoms with Crippen LogP contribution in [-0.4, -0.2) is 51.3 Å². The number of aromatic nitrogens is 4. The molecule has 0 spiro atoms. The second-order valence-corrected chi connectivity index (χ2v) is 8.68. The molecule has 188 valence electrons. The third kappa shape index (κ3) is 4.60.